The second-order valence-electron chi connectivity index (χ2n) is 4.67. The summed E-state index contributed by atoms with van der Waals surface area (Å²) in [5, 5.41) is 0. The van der Waals surface area contributed by atoms with E-state index in [1.807, 2.05) is 0 Å². The summed E-state index contributed by atoms with van der Waals surface area (Å²) in [6, 6.07) is 12.2. The third kappa shape index (κ3) is 2.40. The van der Waals surface area contributed by atoms with Gasteiger partial charge in [0.05, 0.1) is 0 Å². The highest BCUT2D eigenvalue weighted by Crippen LogP contribution is 2.27. The molecule has 1 aromatic carbocycles. The molecule has 1 heterocycles. The summed E-state index contributed by atoms with van der Waals surface area (Å²) in [6.07, 6.45) is 4.12. The average Bonchev–Trinajstić information content (AvgIpc) is 2.30. The lowest BCUT2D eigenvalue weighted by atomic mass is 9.98. The van der Waals surface area contributed by atoms with Gasteiger partial charge in [0.15, 0.2) is 0 Å². The van der Waals surface area contributed by atoms with E-state index in [0.29, 0.717) is 6.04 Å². The molecule has 0 aromatic heterocycles. The number of rotatable bonds is 2. The lowest BCUT2D eigenvalue weighted by Crippen LogP contribution is -2.39. The first-order valence-electron chi connectivity index (χ1n) is 6.09. The van der Waals surface area contributed by atoms with E-state index in [0.717, 1.165) is 6.04 Å². The van der Waals surface area contributed by atoms with E-state index >= 15 is 0 Å². The second kappa shape index (κ2) is 4.80. The fraction of sp³-hybridized carbons (Fsp3) is 0.571. The Morgan fingerprint density at radius 3 is 2.60 bits per heavy atom. The van der Waals surface area contributed by atoms with Gasteiger partial charge in [-0.15, -0.1) is 0 Å². The monoisotopic (exact) mass is 203 g/mol. The first kappa shape index (κ1) is 10.7. The zero-order chi connectivity index (χ0) is 10.7. The van der Waals surface area contributed by atoms with Crippen molar-refractivity contribution in [3.8, 4) is 0 Å². The Bertz CT molecular complexity index is 293. The van der Waals surface area contributed by atoms with Crippen molar-refractivity contribution >= 4 is 0 Å². The van der Waals surface area contributed by atoms with Crippen LogP contribution in [0.2, 0.25) is 0 Å². The third-order valence-corrected chi connectivity index (χ3v) is 3.63. The smallest absolute Gasteiger partial charge is 0.0322 e. The van der Waals surface area contributed by atoms with Crippen molar-refractivity contribution in [2.24, 2.45) is 0 Å². The van der Waals surface area contributed by atoms with E-state index in [9.17, 15) is 0 Å². The lowest BCUT2D eigenvalue weighted by molar-refractivity contribution is 0.114. The molecule has 0 aliphatic carbocycles. The largest absolute Gasteiger partial charge is 0.294 e. The molecule has 0 radical (unpaired) electrons. The van der Waals surface area contributed by atoms with Gasteiger partial charge in [-0.25, -0.2) is 0 Å². The van der Waals surface area contributed by atoms with E-state index in [1.54, 1.807) is 0 Å². The van der Waals surface area contributed by atoms with Crippen LogP contribution >= 0.6 is 0 Å². The minimum absolute atomic E-state index is 0.571. The maximum absolute atomic E-state index is 2.64. The molecule has 0 saturated carbocycles. The van der Waals surface area contributed by atoms with Gasteiger partial charge in [0.25, 0.3) is 0 Å². The zero-order valence-corrected chi connectivity index (χ0v) is 9.82. The summed E-state index contributed by atoms with van der Waals surface area (Å²) in [6.45, 7) is 5.95. The Morgan fingerprint density at radius 2 is 1.93 bits per heavy atom. The lowest BCUT2D eigenvalue weighted by Gasteiger charge is -2.38. The second-order valence-corrected chi connectivity index (χ2v) is 4.67. The van der Waals surface area contributed by atoms with Gasteiger partial charge in [-0.1, -0.05) is 36.8 Å². The molecule has 1 saturated heterocycles. The molecule has 0 bridgehead atoms. The van der Waals surface area contributed by atoms with Crippen molar-refractivity contribution in [1.29, 1.82) is 0 Å². The molecule has 15 heavy (non-hydrogen) atoms. The highest BCUT2D eigenvalue weighted by molar-refractivity contribution is 5.18. The number of nitrogens with zero attached hydrogens (tertiary/aromatic N) is 1. The Kier molecular flexibility index (Phi) is 3.42. The predicted molar refractivity (Wildman–Crippen MR) is 64.9 cm³/mol. The third-order valence-electron chi connectivity index (χ3n) is 3.63. The number of hydrogen-bond donors (Lipinski definition) is 0. The molecule has 1 aliphatic heterocycles. The van der Waals surface area contributed by atoms with Crippen LogP contribution in [0.25, 0.3) is 0 Å². The summed E-state index contributed by atoms with van der Waals surface area (Å²) >= 11 is 0. The summed E-state index contributed by atoms with van der Waals surface area (Å²) in [4.78, 5) is 2.64. The Balaban J connectivity index is 2.09. The molecule has 1 aromatic rings. The van der Waals surface area contributed by atoms with Gasteiger partial charge in [0, 0.05) is 12.1 Å². The first-order chi connectivity index (χ1) is 7.29. The fourth-order valence-corrected chi connectivity index (χ4v) is 2.62. The molecule has 1 heteroatoms. The van der Waals surface area contributed by atoms with E-state index < -0.39 is 0 Å². The zero-order valence-electron chi connectivity index (χ0n) is 9.82. The van der Waals surface area contributed by atoms with Crippen LogP contribution in [0.3, 0.4) is 0 Å². The molecule has 2 atom stereocenters. The number of piperidine rings is 1. The van der Waals surface area contributed by atoms with Gasteiger partial charge in [-0.05, 0) is 38.8 Å². The maximum Gasteiger partial charge on any atom is 0.0322 e. The van der Waals surface area contributed by atoms with Crippen molar-refractivity contribution in [2.75, 3.05) is 6.54 Å². The van der Waals surface area contributed by atoms with Crippen LogP contribution in [0.5, 0.6) is 0 Å². The van der Waals surface area contributed by atoms with E-state index in [1.165, 1.54) is 31.4 Å². The summed E-state index contributed by atoms with van der Waals surface area (Å²) < 4.78 is 0. The van der Waals surface area contributed by atoms with E-state index in [4.69, 9.17) is 0 Å². The normalized spacial score (nSPS) is 25.1. The van der Waals surface area contributed by atoms with Gasteiger partial charge < -0.3 is 0 Å². The first-order valence-corrected chi connectivity index (χ1v) is 6.09. The minimum atomic E-state index is 0.571. The number of hydrogen-bond acceptors (Lipinski definition) is 1. The topological polar surface area (TPSA) is 3.24 Å². The van der Waals surface area contributed by atoms with Crippen LogP contribution in [0, 0.1) is 0 Å². The van der Waals surface area contributed by atoms with Crippen molar-refractivity contribution in [3.05, 3.63) is 35.9 Å². The molecule has 0 N–H and O–H groups in total. The molecule has 82 valence electrons. The molecule has 0 amide bonds. The van der Waals surface area contributed by atoms with Crippen LogP contribution < -0.4 is 0 Å². The average molecular weight is 203 g/mol. The van der Waals surface area contributed by atoms with Crippen LogP contribution in [0.1, 0.15) is 44.7 Å². The molecule has 0 unspecified atom stereocenters. The number of likely N-dealkylation sites (tertiary alicyclic amines) is 1. The van der Waals surface area contributed by atoms with Gasteiger partial charge in [0.2, 0.25) is 0 Å². The molecular weight excluding hydrogens is 182 g/mol. The van der Waals surface area contributed by atoms with Crippen molar-refractivity contribution in [2.45, 2.75) is 45.2 Å². The van der Waals surface area contributed by atoms with Gasteiger partial charge in [-0.2, -0.15) is 0 Å². The molecular formula is C14H21N. The SMILES string of the molecule is C[C@@H]1CCCCN1[C@H](C)c1ccccc1. The Morgan fingerprint density at radius 1 is 1.20 bits per heavy atom. The van der Waals surface area contributed by atoms with Crippen LogP contribution in [0.15, 0.2) is 30.3 Å². The highest BCUT2D eigenvalue weighted by atomic mass is 15.2. The molecule has 1 fully saturated rings. The minimum Gasteiger partial charge on any atom is -0.294 e. The van der Waals surface area contributed by atoms with Crippen LogP contribution in [-0.4, -0.2) is 17.5 Å². The van der Waals surface area contributed by atoms with Gasteiger partial charge in [-0.3, -0.25) is 4.90 Å². The molecule has 0 spiro atoms. The standard InChI is InChI=1S/C14H21N/c1-12-8-6-7-11-15(12)13(2)14-9-4-3-5-10-14/h3-5,9-10,12-13H,6-8,11H2,1-2H3/t12-,13-/m1/s1. The highest BCUT2D eigenvalue weighted by Gasteiger charge is 2.23. The van der Waals surface area contributed by atoms with Gasteiger partial charge >= 0.3 is 0 Å². The maximum atomic E-state index is 2.64. The van der Waals surface area contributed by atoms with Crippen molar-refractivity contribution in [1.82, 2.24) is 4.90 Å². The summed E-state index contributed by atoms with van der Waals surface area (Å²) in [5.41, 5.74) is 1.45. The quantitative estimate of drug-likeness (QED) is 0.709. The van der Waals surface area contributed by atoms with Crippen molar-refractivity contribution < 1.29 is 0 Å². The molecule has 2 rings (SSSR count). The van der Waals surface area contributed by atoms with Crippen LogP contribution in [-0.2, 0) is 0 Å². The van der Waals surface area contributed by atoms with E-state index in [-0.39, 0.29) is 0 Å². The molecule has 1 aliphatic rings. The van der Waals surface area contributed by atoms with E-state index in [2.05, 4.69) is 49.1 Å². The fourth-order valence-electron chi connectivity index (χ4n) is 2.62. The predicted octanol–water partition coefficient (Wildman–Crippen LogP) is 3.62. The van der Waals surface area contributed by atoms with Gasteiger partial charge in [0.1, 0.15) is 0 Å². The van der Waals surface area contributed by atoms with Crippen molar-refractivity contribution in [3.63, 3.8) is 0 Å². The van der Waals surface area contributed by atoms with Crippen LogP contribution in [0.4, 0.5) is 0 Å². The molecule has 1 nitrogen and oxygen atoms in total. The Hall–Kier alpha value is -0.820. The summed E-state index contributed by atoms with van der Waals surface area (Å²) in [5.74, 6) is 0. The number of benzene rings is 1. The summed E-state index contributed by atoms with van der Waals surface area (Å²) in [7, 11) is 0. The Labute approximate surface area is 93.1 Å².